The Bertz CT molecular complexity index is 1530. The molecule has 0 saturated heterocycles. The number of amides is 2. The largest absolute Gasteiger partial charge is 0.437 e. The molecule has 0 aliphatic carbocycles. The molecule has 0 fully saturated rings. The zero-order chi connectivity index (χ0) is 41.7. The lowest BCUT2D eigenvalue weighted by Crippen LogP contribution is -2.52. The fourth-order valence-electron chi connectivity index (χ4n) is 8.14. The Morgan fingerprint density at radius 2 is 0.768 bits per heavy atom. The van der Waals surface area contributed by atoms with E-state index in [0.717, 1.165) is 84.6 Å². The number of unbranched alkanes of at least 4 members (excludes halogenated alkanes) is 6. The van der Waals surface area contributed by atoms with Crippen LogP contribution in [0, 0.1) is 0 Å². The van der Waals surface area contributed by atoms with E-state index < -0.39 is 50.4 Å². The van der Waals surface area contributed by atoms with Crippen molar-refractivity contribution in [1.82, 2.24) is 9.80 Å². The molecule has 0 unspecified atom stereocenters. The number of carbonyl (C=O) groups is 2. The van der Waals surface area contributed by atoms with E-state index in [1.165, 1.54) is 0 Å². The number of hydrogen-bond donors (Lipinski definition) is 0. The molecule has 314 valence electrons. The smallest absolute Gasteiger partial charge is 0.314 e. The fraction of sp³-hybridized carbons (Fsp3) is 0.650. The molecular weight excluding hydrogens is 837 g/mol. The number of carbonyl (C=O) groups excluding carboxylic acids is 2. The molecule has 0 saturated carbocycles. The second-order valence-corrected chi connectivity index (χ2v) is 47.4. The summed E-state index contributed by atoms with van der Waals surface area (Å²) < 4.78 is 26.9. The van der Waals surface area contributed by atoms with Crippen molar-refractivity contribution >= 4 is 96.3 Å². The minimum absolute atomic E-state index is 0.0382. The Kier molecular flexibility index (Phi) is 16.3. The molecule has 2 aromatic heterocycles. The lowest BCUT2D eigenvalue weighted by Gasteiger charge is -2.38. The molecule has 4 rings (SSSR count). The Morgan fingerprint density at radius 1 is 0.464 bits per heavy atom. The van der Waals surface area contributed by atoms with Crippen molar-refractivity contribution in [3.05, 3.63) is 55.9 Å². The van der Waals surface area contributed by atoms with Gasteiger partial charge in [-0.05, 0) is 139 Å². The molecule has 0 aromatic carbocycles. The molecule has 2 aliphatic heterocycles. The Hall–Kier alpha value is -1.04. The van der Waals surface area contributed by atoms with Gasteiger partial charge >= 0.3 is 17.1 Å². The highest BCUT2D eigenvalue weighted by Gasteiger charge is 2.49. The molecule has 56 heavy (non-hydrogen) atoms. The van der Waals surface area contributed by atoms with Crippen molar-refractivity contribution in [1.29, 1.82) is 0 Å². The highest BCUT2D eigenvalue weighted by Crippen LogP contribution is 2.48. The van der Waals surface area contributed by atoms with Crippen LogP contribution in [0.2, 0.25) is 104 Å². The van der Waals surface area contributed by atoms with Crippen molar-refractivity contribution in [2.45, 2.75) is 155 Å². The van der Waals surface area contributed by atoms with Gasteiger partial charge < -0.3 is 26.3 Å². The van der Waals surface area contributed by atoms with Crippen LogP contribution in [0.1, 0.15) is 61.1 Å². The van der Waals surface area contributed by atoms with Crippen LogP contribution >= 0.6 is 22.7 Å². The third-order valence-corrected chi connectivity index (χ3v) is 30.3. The summed E-state index contributed by atoms with van der Waals surface area (Å²) in [5, 5.41) is 4.07. The summed E-state index contributed by atoms with van der Waals surface area (Å²) in [5.41, 5.74) is 2.76. The summed E-state index contributed by atoms with van der Waals surface area (Å²) in [7, 11) is -11.5. The summed E-state index contributed by atoms with van der Waals surface area (Å²) in [4.78, 5) is 34.8. The summed E-state index contributed by atoms with van der Waals surface area (Å²) in [6.07, 6.45) is 8.02. The third-order valence-electron chi connectivity index (χ3n) is 9.30. The molecule has 2 amide bonds. The van der Waals surface area contributed by atoms with E-state index in [1.807, 2.05) is 44.8 Å². The molecule has 2 aliphatic rings. The number of nitrogens with zero attached hydrogens (tertiary/aromatic N) is 2. The van der Waals surface area contributed by atoms with Crippen molar-refractivity contribution in [2.75, 3.05) is 13.1 Å². The first kappa shape index (κ1) is 47.6. The van der Waals surface area contributed by atoms with Gasteiger partial charge in [0.2, 0.25) is 0 Å². The van der Waals surface area contributed by atoms with Crippen molar-refractivity contribution in [2.24, 2.45) is 0 Å². The standard InChI is InChI=1S/C40H72N2O6S2Si6/c1-51(2,3)45-55(13,46-52(4,5)6)31-21-17-15-19-27-41-37(33-25-23-29-49-33)35-36(39(41)43)38(34-26-24-30-50-34)42(40(35)44)28-20-16-18-22-32-56(14,47-53(7,8)9)48-54(10,11)12/h23-26,29-30H,15-22,27-28,31-32H2,1-14H3. The van der Waals surface area contributed by atoms with Crippen molar-refractivity contribution < 1.29 is 26.0 Å². The lowest BCUT2D eigenvalue weighted by molar-refractivity contribution is -0.124. The van der Waals surface area contributed by atoms with Gasteiger partial charge in [-0.2, -0.15) is 0 Å². The van der Waals surface area contributed by atoms with Crippen LogP contribution in [-0.4, -0.2) is 85.1 Å². The summed E-state index contributed by atoms with van der Waals surface area (Å²) in [6.45, 7) is 32.8. The maximum absolute atomic E-state index is 14.5. The predicted octanol–water partition coefficient (Wildman–Crippen LogP) is 12.3. The van der Waals surface area contributed by atoms with Crippen LogP contribution in [0.25, 0.3) is 11.4 Å². The average Bonchev–Trinajstić information content (AvgIpc) is 3.81. The first-order chi connectivity index (χ1) is 25.8. The van der Waals surface area contributed by atoms with Crippen LogP contribution in [0.3, 0.4) is 0 Å². The van der Waals surface area contributed by atoms with E-state index in [-0.39, 0.29) is 11.8 Å². The van der Waals surface area contributed by atoms with Gasteiger partial charge in [0.25, 0.3) is 11.8 Å². The first-order valence-corrected chi connectivity index (χ1v) is 41.3. The van der Waals surface area contributed by atoms with Crippen LogP contribution in [-0.2, 0) is 26.0 Å². The van der Waals surface area contributed by atoms with Crippen molar-refractivity contribution in [3.63, 3.8) is 0 Å². The van der Waals surface area contributed by atoms with Gasteiger partial charge in [0, 0.05) is 13.1 Å². The first-order valence-electron chi connectivity index (χ1n) is 20.8. The van der Waals surface area contributed by atoms with Crippen molar-refractivity contribution in [3.8, 4) is 0 Å². The van der Waals surface area contributed by atoms with Gasteiger partial charge in [-0.1, -0.05) is 50.7 Å². The second kappa shape index (κ2) is 19.1. The Morgan fingerprint density at radius 3 is 1.04 bits per heavy atom. The van der Waals surface area contributed by atoms with Gasteiger partial charge in [0.15, 0.2) is 33.3 Å². The molecule has 2 aromatic rings. The number of hydrogen-bond acceptors (Lipinski definition) is 8. The normalized spacial score (nSPS) is 16.3. The zero-order valence-corrected chi connectivity index (χ0v) is 44.7. The van der Waals surface area contributed by atoms with Crippen LogP contribution < -0.4 is 0 Å². The summed E-state index contributed by atoms with van der Waals surface area (Å²) >= 11 is 3.20. The molecule has 0 N–H and O–H groups in total. The topological polar surface area (TPSA) is 77.5 Å². The van der Waals surface area contributed by atoms with Crippen LogP contribution in [0.4, 0.5) is 0 Å². The van der Waals surface area contributed by atoms with Gasteiger partial charge in [0.1, 0.15) is 0 Å². The fourth-order valence-corrected chi connectivity index (χ4v) is 34.9. The quantitative estimate of drug-likeness (QED) is 0.0771. The van der Waals surface area contributed by atoms with E-state index in [0.29, 0.717) is 24.2 Å². The molecule has 4 heterocycles. The summed E-state index contributed by atoms with van der Waals surface area (Å²) in [6, 6.07) is 10.1. The predicted molar refractivity (Wildman–Crippen MR) is 253 cm³/mol. The lowest BCUT2D eigenvalue weighted by atomic mass is 10.1. The van der Waals surface area contributed by atoms with E-state index in [2.05, 4.69) is 91.7 Å². The van der Waals surface area contributed by atoms with Gasteiger partial charge in [-0.25, -0.2) is 0 Å². The minimum atomic E-state index is -2.27. The van der Waals surface area contributed by atoms with Crippen LogP contribution in [0.5, 0.6) is 0 Å². The summed E-state index contributed by atoms with van der Waals surface area (Å²) in [5.74, 6) is -0.0764. The Balaban J connectivity index is 1.44. The van der Waals surface area contributed by atoms with E-state index in [1.54, 1.807) is 22.7 Å². The second-order valence-electron chi connectivity index (χ2n) is 19.8. The molecule has 0 radical (unpaired) electrons. The van der Waals surface area contributed by atoms with E-state index in [4.69, 9.17) is 16.5 Å². The molecule has 0 bridgehead atoms. The van der Waals surface area contributed by atoms with E-state index >= 15 is 0 Å². The molecule has 16 heteroatoms. The highest BCUT2D eigenvalue weighted by molar-refractivity contribution is 7.11. The SMILES string of the molecule is C[Si](C)(C)O[Si](C)(CCCCCCN1C(=O)C2=C(c3cccs3)N(CCCCCC[Si](C)(O[Si](C)(C)C)O[Si](C)(C)C)C(=O)C2=C1c1cccs1)O[Si](C)(C)C. The molecule has 0 atom stereocenters. The maximum Gasteiger partial charge on any atom is 0.314 e. The van der Waals surface area contributed by atoms with Gasteiger partial charge in [0.05, 0.1) is 32.3 Å². The minimum Gasteiger partial charge on any atom is -0.437 e. The average molecular weight is 910 g/mol. The molecular formula is C40H72N2O6S2Si6. The highest BCUT2D eigenvalue weighted by atomic mass is 32.1. The zero-order valence-electron chi connectivity index (χ0n) is 37.1. The van der Waals surface area contributed by atoms with Gasteiger partial charge in [-0.15, -0.1) is 22.7 Å². The third kappa shape index (κ3) is 14.0. The maximum atomic E-state index is 14.5. The number of rotatable bonds is 24. The molecule has 8 nitrogen and oxygen atoms in total. The number of fused-ring (bicyclic) bond motifs is 1. The van der Waals surface area contributed by atoms with E-state index in [9.17, 15) is 9.59 Å². The Labute approximate surface area is 354 Å². The number of thiophene rings is 2. The van der Waals surface area contributed by atoms with Gasteiger partial charge in [-0.3, -0.25) is 9.59 Å². The van der Waals surface area contributed by atoms with Crippen LogP contribution in [0.15, 0.2) is 46.2 Å². The molecule has 0 spiro atoms. The monoisotopic (exact) mass is 908 g/mol.